The summed E-state index contributed by atoms with van der Waals surface area (Å²) in [6, 6.07) is 9.55. The number of anilines is 1. The first-order valence-electron chi connectivity index (χ1n) is 6.78. The average Bonchev–Trinajstić information content (AvgIpc) is 2.41. The quantitative estimate of drug-likeness (QED) is 0.897. The number of benzene rings is 2. The second-order valence-corrected chi connectivity index (χ2v) is 5.68. The Morgan fingerprint density at radius 2 is 1.76 bits per heavy atom. The van der Waals surface area contributed by atoms with E-state index in [1.54, 1.807) is 12.1 Å². The van der Waals surface area contributed by atoms with Crippen molar-refractivity contribution in [2.45, 2.75) is 27.3 Å². The second kappa shape index (κ2) is 6.19. The normalized spacial score (nSPS) is 10.5. The number of nitrogens with one attached hydrogen (secondary N) is 1. The predicted molar refractivity (Wildman–Crippen MR) is 87.9 cm³/mol. The van der Waals surface area contributed by atoms with Crippen LogP contribution in [-0.2, 0) is 6.54 Å². The fourth-order valence-electron chi connectivity index (χ4n) is 2.23. The highest BCUT2D eigenvalue weighted by atomic mass is 35.5. The number of primary amides is 1. The van der Waals surface area contributed by atoms with Crippen LogP contribution in [0.2, 0.25) is 5.02 Å². The van der Waals surface area contributed by atoms with E-state index >= 15 is 0 Å². The minimum Gasteiger partial charge on any atom is -0.381 e. The predicted octanol–water partition coefficient (Wildman–Crippen LogP) is 3.98. The molecule has 0 spiro atoms. The third-order valence-electron chi connectivity index (χ3n) is 3.67. The molecule has 0 fully saturated rings. The first-order valence-corrected chi connectivity index (χ1v) is 7.16. The molecule has 4 heteroatoms. The molecular formula is C17H19ClN2O. The minimum atomic E-state index is -0.517. The van der Waals surface area contributed by atoms with Gasteiger partial charge in [0.1, 0.15) is 0 Å². The summed E-state index contributed by atoms with van der Waals surface area (Å²) in [4.78, 5) is 11.1. The lowest BCUT2D eigenvalue weighted by Crippen LogP contribution is -2.11. The van der Waals surface area contributed by atoms with E-state index in [1.807, 2.05) is 6.07 Å². The molecule has 3 nitrogen and oxygen atoms in total. The molecule has 0 aliphatic rings. The van der Waals surface area contributed by atoms with E-state index in [2.05, 4.69) is 38.2 Å². The summed E-state index contributed by atoms with van der Waals surface area (Å²) < 4.78 is 0. The zero-order chi connectivity index (χ0) is 15.6. The summed E-state index contributed by atoms with van der Waals surface area (Å²) in [6.45, 7) is 7.03. The Balaban J connectivity index is 2.15. The van der Waals surface area contributed by atoms with E-state index in [0.717, 1.165) is 5.69 Å². The van der Waals surface area contributed by atoms with Crippen LogP contribution in [0.1, 0.15) is 32.6 Å². The van der Waals surface area contributed by atoms with Crippen molar-refractivity contribution in [3.05, 3.63) is 63.2 Å². The molecular weight excluding hydrogens is 284 g/mol. The van der Waals surface area contributed by atoms with Crippen LogP contribution in [0.3, 0.4) is 0 Å². The van der Waals surface area contributed by atoms with Crippen molar-refractivity contribution < 1.29 is 4.79 Å². The molecule has 2 rings (SSSR count). The molecule has 0 unspecified atom stereocenters. The Morgan fingerprint density at radius 3 is 2.38 bits per heavy atom. The molecule has 0 saturated heterocycles. The zero-order valence-corrected chi connectivity index (χ0v) is 13.2. The fourth-order valence-corrected chi connectivity index (χ4v) is 2.51. The molecule has 1 amide bonds. The van der Waals surface area contributed by atoms with Crippen molar-refractivity contribution in [3.63, 3.8) is 0 Å². The first-order chi connectivity index (χ1) is 9.88. The number of carbonyl (C=O) groups excluding carboxylic acids is 1. The second-order valence-electron chi connectivity index (χ2n) is 5.28. The third-order valence-corrected chi connectivity index (χ3v) is 3.98. The van der Waals surface area contributed by atoms with Crippen LogP contribution >= 0.6 is 11.6 Å². The van der Waals surface area contributed by atoms with Gasteiger partial charge in [-0.2, -0.15) is 0 Å². The van der Waals surface area contributed by atoms with Crippen LogP contribution in [-0.4, -0.2) is 5.91 Å². The van der Waals surface area contributed by atoms with E-state index in [1.165, 1.54) is 22.3 Å². The van der Waals surface area contributed by atoms with E-state index < -0.39 is 5.91 Å². The lowest BCUT2D eigenvalue weighted by Gasteiger charge is -2.12. The number of amides is 1. The Hall–Kier alpha value is -2.00. The Labute approximate surface area is 130 Å². The molecule has 2 aromatic rings. The van der Waals surface area contributed by atoms with E-state index in [9.17, 15) is 4.79 Å². The van der Waals surface area contributed by atoms with Gasteiger partial charge in [-0.25, -0.2) is 0 Å². The molecule has 110 valence electrons. The Kier molecular flexibility index (Phi) is 4.53. The van der Waals surface area contributed by atoms with Gasteiger partial charge >= 0.3 is 0 Å². The van der Waals surface area contributed by atoms with E-state index in [4.69, 9.17) is 17.3 Å². The largest absolute Gasteiger partial charge is 0.381 e. The molecule has 0 saturated carbocycles. The van der Waals surface area contributed by atoms with Crippen LogP contribution < -0.4 is 11.1 Å². The first kappa shape index (κ1) is 15.4. The highest BCUT2D eigenvalue weighted by Gasteiger charge is 2.07. The van der Waals surface area contributed by atoms with Crippen molar-refractivity contribution in [2.75, 3.05) is 5.32 Å². The van der Waals surface area contributed by atoms with Crippen LogP contribution in [0.5, 0.6) is 0 Å². The summed E-state index contributed by atoms with van der Waals surface area (Å²) in [5.74, 6) is -0.517. The van der Waals surface area contributed by atoms with E-state index in [-0.39, 0.29) is 0 Å². The highest BCUT2D eigenvalue weighted by molar-refractivity contribution is 6.34. The summed E-state index contributed by atoms with van der Waals surface area (Å²) in [6.07, 6.45) is 0. The molecule has 3 N–H and O–H groups in total. The lowest BCUT2D eigenvalue weighted by molar-refractivity contribution is 0.100. The van der Waals surface area contributed by atoms with Crippen LogP contribution in [0, 0.1) is 20.8 Å². The van der Waals surface area contributed by atoms with Crippen molar-refractivity contribution in [1.82, 2.24) is 0 Å². The highest BCUT2D eigenvalue weighted by Crippen LogP contribution is 2.22. The van der Waals surface area contributed by atoms with Gasteiger partial charge in [0, 0.05) is 12.2 Å². The maximum atomic E-state index is 11.1. The van der Waals surface area contributed by atoms with Gasteiger partial charge in [-0.1, -0.05) is 23.7 Å². The monoisotopic (exact) mass is 302 g/mol. The number of hydrogen-bond acceptors (Lipinski definition) is 2. The Bertz CT molecular complexity index is 695. The molecule has 0 radical (unpaired) electrons. The molecule has 2 aromatic carbocycles. The van der Waals surface area contributed by atoms with Gasteiger partial charge in [-0.15, -0.1) is 0 Å². The van der Waals surface area contributed by atoms with Gasteiger partial charge < -0.3 is 11.1 Å². The lowest BCUT2D eigenvalue weighted by atomic mass is 10.0. The number of hydrogen-bond donors (Lipinski definition) is 2. The van der Waals surface area contributed by atoms with Crippen molar-refractivity contribution >= 4 is 23.2 Å². The van der Waals surface area contributed by atoms with Crippen molar-refractivity contribution in [2.24, 2.45) is 5.73 Å². The molecule has 0 bridgehead atoms. The van der Waals surface area contributed by atoms with Crippen LogP contribution in [0.25, 0.3) is 0 Å². The van der Waals surface area contributed by atoms with Gasteiger partial charge in [0.25, 0.3) is 0 Å². The molecule has 0 aliphatic carbocycles. The van der Waals surface area contributed by atoms with Crippen LogP contribution in [0.4, 0.5) is 5.69 Å². The smallest absolute Gasteiger partial charge is 0.250 e. The molecule has 21 heavy (non-hydrogen) atoms. The van der Waals surface area contributed by atoms with Crippen molar-refractivity contribution in [1.29, 1.82) is 0 Å². The van der Waals surface area contributed by atoms with Crippen LogP contribution in [0.15, 0.2) is 30.3 Å². The number of carbonyl (C=O) groups is 1. The van der Waals surface area contributed by atoms with Gasteiger partial charge in [0.15, 0.2) is 0 Å². The Morgan fingerprint density at radius 1 is 1.10 bits per heavy atom. The molecule has 0 aromatic heterocycles. The minimum absolute atomic E-state index is 0.338. The number of aryl methyl sites for hydroxylation is 3. The zero-order valence-electron chi connectivity index (χ0n) is 12.5. The summed E-state index contributed by atoms with van der Waals surface area (Å²) in [5.41, 5.74) is 11.5. The molecule has 0 atom stereocenters. The van der Waals surface area contributed by atoms with Crippen molar-refractivity contribution in [3.8, 4) is 0 Å². The van der Waals surface area contributed by atoms with E-state index in [0.29, 0.717) is 17.1 Å². The third kappa shape index (κ3) is 3.56. The maximum Gasteiger partial charge on any atom is 0.250 e. The average molecular weight is 303 g/mol. The number of rotatable bonds is 4. The number of halogens is 1. The van der Waals surface area contributed by atoms with Gasteiger partial charge in [-0.3, -0.25) is 4.79 Å². The SMILES string of the molecule is Cc1cc(C)c(CNc2ccc(C(N)=O)c(Cl)c2)cc1C. The standard InChI is InChI=1S/C17H19ClN2O/c1-10-6-12(3)13(7-11(10)2)9-20-14-4-5-15(17(19)21)16(18)8-14/h4-8,20H,9H2,1-3H3,(H2,19,21). The molecule has 0 aliphatic heterocycles. The summed E-state index contributed by atoms with van der Waals surface area (Å²) >= 11 is 6.04. The van der Waals surface area contributed by atoms with Gasteiger partial charge in [-0.05, 0) is 61.2 Å². The fraction of sp³-hybridized carbons (Fsp3) is 0.235. The summed E-state index contributed by atoms with van der Waals surface area (Å²) in [5, 5.41) is 3.68. The summed E-state index contributed by atoms with van der Waals surface area (Å²) in [7, 11) is 0. The maximum absolute atomic E-state index is 11.1. The van der Waals surface area contributed by atoms with Gasteiger partial charge in [0.05, 0.1) is 10.6 Å². The van der Waals surface area contributed by atoms with Gasteiger partial charge in [0.2, 0.25) is 5.91 Å². The molecule has 0 heterocycles. The topological polar surface area (TPSA) is 55.1 Å². The number of nitrogens with two attached hydrogens (primary N) is 1.